The summed E-state index contributed by atoms with van der Waals surface area (Å²) in [6.07, 6.45) is 0. The molecule has 3 nitrogen and oxygen atoms in total. The quantitative estimate of drug-likeness (QED) is 0.220. The highest BCUT2D eigenvalue weighted by Gasteiger charge is 2.41. The molecule has 202 valence electrons. The second-order valence-corrected chi connectivity index (χ2v) is 11.5. The van der Waals surface area contributed by atoms with E-state index in [1.807, 2.05) is 6.07 Å². The summed E-state index contributed by atoms with van der Waals surface area (Å²) in [7, 11) is 0. The SMILES string of the molecule is CC1(C)c2cc(N(c3ccccc3)c3ccc(-c4ccccc4)cc3)ccc2N2c3ccccc3Oc3cccc1c32. The Hall–Kier alpha value is -5.28. The van der Waals surface area contributed by atoms with E-state index in [-0.39, 0.29) is 5.41 Å². The van der Waals surface area contributed by atoms with Crippen molar-refractivity contribution in [3.05, 3.63) is 157 Å². The van der Waals surface area contributed by atoms with Crippen molar-refractivity contribution >= 4 is 34.1 Å². The van der Waals surface area contributed by atoms with Crippen molar-refractivity contribution in [3.8, 4) is 22.6 Å². The van der Waals surface area contributed by atoms with Crippen LogP contribution < -0.4 is 14.5 Å². The maximum Gasteiger partial charge on any atom is 0.151 e. The Morgan fingerprint density at radius 2 is 1.12 bits per heavy atom. The van der Waals surface area contributed by atoms with Gasteiger partial charge in [0.1, 0.15) is 0 Å². The molecule has 6 aromatic carbocycles. The Labute approximate surface area is 246 Å². The van der Waals surface area contributed by atoms with Gasteiger partial charge in [-0.1, -0.05) is 98.8 Å². The first kappa shape index (κ1) is 24.5. The maximum atomic E-state index is 6.40. The van der Waals surface area contributed by atoms with Gasteiger partial charge in [-0.05, 0) is 82.9 Å². The molecule has 0 bridgehead atoms. The molecule has 0 aliphatic carbocycles. The van der Waals surface area contributed by atoms with Crippen LogP contribution in [-0.4, -0.2) is 0 Å². The number of benzene rings is 6. The Kier molecular flexibility index (Phi) is 5.48. The Bertz CT molecular complexity index is 1930. The first-order chi connectivity index (χ1) is 20.6. The summed E-state index contributed by atoms with van der Waals surface area (Å²) in [5.74, 6) is 1.78. The molecule has 0 fully saturated rings. The minimum atomic E-state index is -0.234. The lowest BCUT2D eigenvalue weighted by Crippen LogP contribution is -2.32. The van der Waals surface area contributed by atoms with Gasteiger partial charge in [-0.25, -0.2) is 0 Å². The molecule has 0 spiro atoms. The van der Waals surface area contributed by atoms with E-state index in [2.05, 4.69) is 163 Å². The van der Waals surface area contributed by atoms with Crippen molar-refractivity contribution in [2.75, 3.05) is 9.80 Å². The standard InChI is InChI=1S/C39H30N2O/c1-39(2)32-16-11-19-37-38(32)41(35-17-9-10-18-36(35)42-37)34-25-24-31(26-33(34)39)40(29-14-7-4-8-15-29)30-22-20-28(21-23-30)27-12-5-3-6-13-27/h3-26H,1-2H3. The number of nitrogens with zero attached hydrogens (tertiary/aromatic N) is 2. The van der Waals surface area contributed by atoms with Gasteiger partial charge in [0.25, 0.3) is 0 Å². The van der Waals surface area contributed by atoms with Crippen LogP contribution in [0.2, 0.25) is 0 Å². The van der Waals surface area contributed by atoms with Crippen LogP contribution in [0.5, 0.6) is 11.5 Å². The average molecular weight is 543 g/mol. The minimum absolute atomic E-state index is 0.234. The zero-order valence-corrected chi connectivity index (χ0v) is 23.7. The molecule has 0 aromatic heterocycles. The van der Waals surface area contributed by atoms with Gasteiger partial charge in [0.2, 0.25) is 0 Å². The van der Waals surface area contributed by atoms with E-state index in [1.54, 1.807) is 0 Å². The summed E-state index contributed by atoms with van der Waals surface area (Å²) >= 11 is 0. The molecule has 0 saturated heterocycles. The average Bonchev–Trinajstić information content (AvgIpc) is 3.04. The van der Waals surface area contributed by atoms with Crippen LogP contribution in [0.3, 0.4) is 0 Å². The smallest absolute Gasteiger partial charge is 0.151 e. The molecule has 2 aliphatic rings. The van der Waals surface area contributed by atoms with E-state index in [1.165, 1.54) is 27.9 Å². The van der Waals surface area contributed by atoms with Gasteiger partial charge in [0.15, 0.2) is 11.5 Å². The second-order valence-electron chi connectivity index (χ2n) is 11.5. The van der Waals surface area contributed by atoms with Crippen molar-refractivity contribution in [3.63, 3.8) is 0 Å². The lowest BCUT2D eigenvalue weighted by Gasteiger charge is -2.45. The lowest BCUT2D eigenvalue weighted by molar-refractivity contribution is 0.471. The van der Waals surface area contributed by atoms with Crippen molar-refractivity contribution in [1.82, 2.24) is 0 Å². The second kappa shape index (κ2) is 9.39. The molecule has 0 atom stereocenters. The Morgan fingerprint density at radius 1 is 0.500 bits per heavy atom. The van der Waals surface area contributed by atoms with Gasteiger partial charge in [0.05, 0.1) is 17.1 Å². The van der Waals surface area contributed by atoms with Crippen LogP contribution in [0.1, 0.15) is 25.0 Å². The molecule has 2 aliphatic heterocycles. The van der Waals surface area contributed by atoms with E-state index in [0.717, 1.165) is 39.9 Å². The Balaban J connectivity index is 1.30. The van der Waals surface area contributed by atoms with E-state index in [0.29, 0.717) is 0 Å². The maximum absolute atomic E-state index is 6.40. The van der Waals surface area contributed by atoms with Crippen molar-refractivity contribution in [1.29, 1.82) is 0 Å². The first-order valence-electron chi connectivity index (χ1n) is 14.5. The highest BCUT2D eigenvalue weighted by molar-refractivity contribution is 5.94. The number of hydrogen-bond donors (Lipinski definition) is 0. The fourth-order valence-electron chi connectivity index (χ4n) is 6.52. The number of ether oxygens (including phenoxy) is 1. The minimum Gasteiger partial charge on any atom is -0.453 e. The van der Waals surface area contributed by atoms with Crippen LogP contribution in [0.4, 0.5) is 34.1 Å². The summed E-state index contributed by atoms with van der Waals surface area (Å²) in [4.78, 5) is 4.74. The molecule has 3 heteroatoms. The first-order valence-corrected chi connectivity index (χ1v) is 14.5. The molecule has 6 aromatic rings. The van der Waals surface area contributed by atoms with Crippen LogP contribution in [0.15, 0.2) is 146 Å². The number of rotatable bonds is 4. The van der Waals surface area contributed by atoms with E-state index in [9.17, 15) is 0 Å². The predicted molar refractivity (Wildman–Crippen MR) is 173 cm³/mol. The fourth-order valence-corrected chi connectivity index (χ4v) is 6.52. The van der Waals surface area contributed by atoms with Gasteiger partial charge >= 0.3 is 0 Å². The van der Waals surface area contributed by atoms with Gasteiger partial charge in [0, 0.05) is 22.5 Å². The molecule has 42 heavy (non-hydrogen) atoms. The molecular formula is C39H30N2O. The van der Waals surface area contributed by atoms with Crippen LogP contribution >= 0.6 is 0 Å². The Morgan fingerprint density at radius 3 is 1.90 bits per heavy atom. The summed E-state index contributed by atoms with van der Waals surface area (Å²) < 4.78 is 6.40. The number of fused-ring (bicyclic) bond motifs is 4. The van der Waals surface area contributed by atoms with Gasteiger partial charge in [-0.15, -0.1) is 0 Å². The van der Waals surface area contributed by atoms with Gasteiger partial charge in [-0.3, -0.25) is 0 Å². The third-order valence-corrected chi connectivity index (χ3v) is 8.62. The summed E-state index contributed by atoms with van der Waals surface area (Å²) in [6, 6.07) is 51.7. The number of hydrogen-bond acceptors (Lipinski definition) is 3. The molecule has 0 saturated carbocycles. The molecule has 0 unspecified atom stereocenters. The van der Waals surface area contributed by atoms with Crippen LogP contribution in [0.25, 0.3) is 11.1 Å². The third kappa shape index (κ3) is 3.74. The lowest BCUT2D eigenvalue weighted by atomic mass is 9.73. The third-order valence-electron chi connectivity index (χ3n) is 8.62. The topological polar surface area (TPSA) is 15.7 Å². The van der Waals surface area contributed by atoms with Crippen molar-refractivity contribution < 1.29 is 4.74 Å². The normalized spacial score (nSPS) is 13.8. The largest absolute Gasteiger partial charge is 0.453 e. The highest BCUT2D eigenvalue weighted by Crippen LogP contribution is 2.60. The molecule has 2 heterocycles. The van der Waals surface area contributed by atoms with E-state index >= 15 is 0 Å². The highest BCUT2D eigenvalue weighted by atomic mass is 16.5. The predicted octanol–water partition coefficient (Wildman–Crippen LogP) is 11.0. The van der Waals surface area contributed by atoms with Gasteiger partial charge < -0.3 is 14.5 Å². The summed E-state index contributed by atoms with van der Waals surface area (Å²) in [5, 5.41) is 0. The number of para-hydroxylation sites is 4. The van der Waals surface area contributed by atoms with Crippen molar-refractivity contribution in [2.45, 2.75) is 19.3 Å². The molecular weight excluding hydrogens is 512 g/mol. The van der Waals surface area contributed by atoms with E-state index < -0.39 is 0 Å². The van der Waals surface area contributed by atoms with Crippen molar-refractivity contribution in [2.24, 2.45) is 0 Å². The number of anilines is 6. The molecule has 0 radical (unpaired) electrons. The zero-order chi connectivity index (χ0) is 28.3. The monoisotopic (exact) mass is 542 g/mol. The van der Waals surface area contributed by atoms with Gasteiger partial charge in [-0.2, -0.15) is 0 Å². The molecule has 8 rings (SSSR count). The summed E-state index contributed by atoms with van der Waals surface area (Å²) in [6.45, 7) is 4.65. The molecule has 0 N–H and O–H groups in total. The molecule has 0 amide bonds. The van der Waals surface area contributed by atoms with E-state index in [4.69, 9.17) is 4.74 Å². The van der Waals surface area contributed by atoms with Crippen LogP contribution in [-0.2, 0) is 5.41 Å². The fraction of sp³-hybridized carbons (Fsp3) is 0.0769. The summed E-state index contributed by atoms with van der Waals surface area (Å²) in [5.41, 5.74) is 11.5. The van der Waals surface area contributed by atoms with Crippen LogP contribution in [0, 0.1) is 0 Å². The zero-order valence-electron chi connectivity index (χ0n) is 23.7.